The highest BCUT2D eigenvalue weighted by molar-refractivity contribution is 5.01. The van der Waals surface area contributed by atoms with Gasteiger partial charge in [-0.05, 0) is 44.1 Å². The van der Waals surface area contributed by atoms with Gasteiger partial charge >= 0.3 is 6.18 Å². The van der Waals surface area contributed by atoms with E-state index in [9.17, 15) is 13.2 Å². The van der Waals surface area contributed by atoms with Crippen LogP contribution in [0.4, 0.5) is 13.2 Å². The van der Waals surface area contributed by atoms with Crippen molar-refractivity contribution >= 4 is 0 Å². The average molecular weight is 372 g/mol. The van der Waals surface area contributed by atoms with Crippen molar-refractivity contribution in [3.8, 4) is 0 Å². The first-order valence-electron chi connectivity index (χ1n) is 9.83. The molecular weight excluding hydrogens is 345 g/mol. The van der Waals surface area contributed by atoms with Gasteiger partial charge < -0.3 is 4.52 Å². The molecule has 0 radical (unpaired) electrons. The fraction of sp³-hybridized carbons (Fsp3) is 0.889. The minimum Gasteiger partial charge on any atom is -0.338 e. The SMILES string of the molecule is CCC[C@H]1[C@H]2C[C@H](CN(Cc3nc(C(F)(F)F)no3)C2)[C@@H]2CCCCN21. The van der Waals surface area contributed by atoms with Crippen LogP contribution in [0.3, 0.4) is 0 Å². The second kappa shape index (κ2) is 7.11. The van der Waals surface area contributed by atoms with E-state index < -0.39 is 12.0 Å². The van der Waals surface area contributed by atoms with E-state index in [0.29, 0.717) is 30.5 Å². The van der Waals surface area contributed by atoms with E-state index in [1.54, 1.807) is 0 Å². The van der Waals surface area contributed by atoms with Crippen LogP contribution < -0.4 is 0 Å². The monoisotopic (exact) mass is 372 g/mol. The van der Waals surface area contributed by atoms with E-state index in [1.165, 1.54) is 45.1 Å². The second-order valence-electron chi connectivity index (χ2n) is 8.12. The summed E-state index contributed by atoms with van der Waals surface area (Å²) < 4.78 is 42.9. The van der Waals surface area contributed by atoms with E-state index >= 15 is 0 Å². The third kappa shape index (κ3) is 3.50. The van der Waals surface area contributed by atoms with Crippen LogP contribution in [0.25, 0.3) is 0 Å². The number of hydrogen-bond acceptors (Lipinski definition) is 5. The van der Waals surface area contributed by atoms with Gasteiger partial charge in [0.2, 0.25) is 5.89 Å². The van der Waals surface area contributed by atoms with Crippen LogP contribution >= 0.6 is 0 Å². The molecule has 1 aromatic rings. The van der Waals surface area contributed by atoms with Crippen LogP contribution in [0.15, 0.2) is 4.52 Å². The topological polar surface area (TPSA) is 45.4 Å². The number of piperidine rings is 3. The molecule has 3 saturated heterocycles. The Morgan fingerprint density at radius 3 is 2.73 bits per heavy atom. The number of aromatic nitrogens is 2. The predicted octanol–water partition coefficient (Wildman–Crippen LogP) is 3.56. The van der Waals surface area contributed by atoms with Gasteiger partial charge in [-0.1, -0.05) is 24.9 Å². The minimum atomic E-state index is -4.55. The summed E-state index contributed by atoms with van der Waals surface area (Å²) in [6, 6.07) is 1.24. The third-order valence-electron chi connectivity index (χ3n) is 6.36. The summed E-state index contributed by atoms with van der Waals surface area (Å²) in [6.07, 6.45) is 2.93. The molecule has 4 heterocycles. The van der Waals surface area contributed by atoms with Gasteiger partial charge in [0, 0.05) is 25.2 Å². The smallest absolute Gasteiger partial charge is 0.338 e. The maximum absolute atomic E-state index is 12.7. The molecule has 26 heavy (non-hydrogen) atoms. The summed E-state index contributed by atoms with van der Waals surface area (Å²) in [4.78, 5) is 8.55. The van der Waals surface area contributed by atoms with Crippen molar-refractivity contribution in [2.45, 2.75) is 70.3 Å². The molecule has 4 rings (SSSR count). The molecule has 3 fully saturated rings. The van der Waals surface area contributed by atoms with Crippen LogP contribution in [-0.2, 0) is 12.7 Å². The summed E-state index contributed by atoms with van der Waals surface area (Å²) in [7, 11) is 0. The Hall–Kier alpha value is -1.15. The Balaban J connectivity index is 1.48. The molecule has 8 heteroatoms. The lowest BCUT2D eigenvalue weighted by molar-refractivity contribution is -0.146. The standard InChI is InChI=1S/C18H27F3N4O/c1-2-5-14-12-8-13(15-6-3-4-7-25(14)15)10-24(9-12)11-16-22-17(23-26-16)18(19,20)21/h12-15H,2-11H2,1H3/t12-,13+,14-,15-/m0/s1. The Morgan fingerprint density at radius 1 is 1.19 bits per heavy atom. The van der Waals surface area contributed by atoms with Crippen molar-refractivity contribution in [2.75, 3.05) is 19.6 Å². The zero-order chi connectivity index (χ0) is 18.3. The number of fused-ring (bicyclic) bond motifs is 4. The summed E-state index contributed by atoms with van der Waals surface area (Å²) in [5.41, 5.74) is 0. The number of hydrogen-bond donors (Lipinski definition) is 0. The zero-order valence-electron chi connectivity index (χ0n) is 15.2. The van der Waals surface area contributed by atoms with Gasteiger partial charge in [-0.25, -0.2) is 0 Å². The lowest BCUT2D eigenvalue weighted by atomic mass is 9.71. The minimum absolute atomic E-state index is 0.0739. The van der Waals surface area contributed by atoms with E-state index in [-0.39, 0.29) is 5.89 Å². The summed E-state index contributed by atoms with van der Waals surface area (Å²) in [5, 5.41) is 3.09. The van der Waals surface area contributed by atoms with Crippen LogP contribution in [0, 0.1) is 11.8 Å². The van der Waals surface area contributed by atoms with E-state index in [0.717, 1.165) is 13.1 Å². The van der Waals surface area contributed by atoms with E-state index in [2.05, 4.69) is 26.9 Å². The van der Waals surface area contributed by atoms with Crippen LogP contribution in [-0.4, -0.2) is 51.7 Å². The number of likely N-dealkylation sites (tertiary alicyclic amines) is 1. The maximum Gasteiger partial charge on any atom is 0.455 e. The van der Waals surface area contributed by atoms with E-state index in [4.69, 9.17) is 4.52 Å². The van der Waals surface area contributed by atoms with Crippen molar-refractivity contribution in [1.82, 2.24) is 19.9 Å². The number of halogens is 3. The molecule has 0 aromatic carbocycles. The van der Waals surface area contributed by atoms with Crippen molar-refractivity contribution in [3.05, 3.63) is 11.7 Å². The number of rotatable bonds is 4. The van der Waals surface area contributed by atoms with Crippen molar-refractivity contribution in [1.29, 1.82) is 0 Å². The predicted molar refractivity (Wildman–Crippen MR) is 89.2 cm³/mol. The first-order valence-corrected chi connectivity index (χ1v) is 9.83. The van der Waals surface area contributed by atoms with Crippen molar-refractivity contribution in [2.24, 2.45) is 11.8 Å². The second-order valence-corrected chi connectivity index (χ2v) is 8.12. The Labute approximate surface area is 151 Å². The van der Waals surface area contributed by atoms with Crippen LogP contribution in [0.1, 0.15) is 57.2 Å². The fourth-order valence-corrected chi connectivity index (χ4v) is 5.45. The highest BCUT2D eigenvalue weighted by Crippen LogP contribution is 2.42. The van der Waals surface area contributed by atoms with E-state index in [1.807, 2.05) is 0 Å². The summed E-state index contributed by atoms with van der Waals surface area (Å²) in [6.45, 7) is 5.60. The molecule has 3 aliphatic heterocycles. The fourth-order valence-electron chi connectivity index (χ4n) is 5.45. The first kappa shape index (κ1) is 18.2. The van der Waals surface area contributed by atoms with Gasteiger partial charge in [0.05, 0.1) is 6.54 Å². The Morgan fingerprint density at radius 2 is 2.00 bits per heavy atom. The molecule has 0 unspecified atom stereocenters. The highest BCUT2D eigenvalue weighted by atomic mass is 19.4. The first-order chi connectivity index (χ1) is 12.5. The zero-order valence-corrected chi connectivity index (χ0v) is 15.2. The molecule has 5 nitrogen and oxygen atoms in total. The van der Waals surface area contributed by atoms with Gasteiger partial charge in [0.1, 0.15) is 0 Å². The highest BCUT2D eigenvalue weighted by Gasteiger charge is 2.47. The van der Waals surface area contributed by atoms with Gasteiger partial charge in [0.25, 0.3) is 5.82 Å². The van der Waals surface area contributed by atoms with Gasteiger partial charge in [-0.15, -0.1) is 0 Å². The van der Waals surface area contributed by atoms with Gasteiger partial charge in [-0.3, -0.25) is 9.80 Å². The number of nitrogens with zero attached hydrogens (tertiary/aromatic N) is 4. The summed E-state index contributed by atoms with van der Waals surface area (Å²) >= 11 is 0. The molecule has 0 spiro atoms. The largest absolute Gasteiger partial charge is 0.455 e. The quantitative estimate of drug-likeness (QED) is 0.809. The molecule has 2 bridgehead atoms. The normalized spacial score (nSPS) is 33.2. The molecule has 4 atom stereocenters. The molecular formula is C18H27F3N4O. The lowest BCUT2D eigenvalue weighted by Crippen LogP contribution is -2.63. The Kier molecular flexibility index (Phi) is 4.98. The van der Waals surface area contributed by atoms with Crippen LogP contribution in [0.2, 0.25) is 0 Å². The van der Waals surface area contributed by atoms with Gasteiger partial charge in [0.15, 0.2) is 0 Å². The molecule has 1 aromatic heterocycles. The molecule has 0 saturated carbocycles. The third-order valence-corrected chi connectivity index (χ3v) is 6.36. The number of alkyl halides is 3. The maximum atomic E-state index is 12.7. The van der Waals surface area contributed by atoms with Gasteiger partial charge in [-0.2, -0.15) is 18.2 Å². The van der Waals surface area contributed by atoms with Crippen molar-refractivity contribution in [3.63, 3.8) is 0 Å². The van der Waals surface area contributed by atoms with Crippen LogP contribution in [0.5, 0.6) is 0 Å². The molecule has 0 aliphatic carbocycles. The summed E-state index contributed by atoms with van der Waals surface area (Å²) in [5.74, 6) is 0.0945. The lowest BCUT2D eigenvalue weighted by Gasteiger charge is -2.57. The Bertz CT molecular complexity index is 620. The molecule has 0 N–H and O–H groups in total. The molecule has 146 valence electrons. The molecule has 3 aliphatic rings. The van der Waals surface area contributed by atoms with Crippen molar-refractivity contribution < 1.29 is 17.7 Å². The average Bonchev–Trinajstić information content (AvgIpc) is 3.07. The molecule has 0 amide bonds.